The topological polar surface area (TPSA) is 21.3 Å². The number of rotatable bonds is 5. The van der Waals surface area contributed by atoms with Gasteiger partial charge in [0.2, 0.25) is 0 Å². The van der Waals surface area contributed by atoms with Crippen molar-refractivity contribution < 1.29 is 4.74 Å². The maximum absolute atomic E-state index is 6.54. The molecule has 112 valence electrons. The SMILES string of the molecule is CCNC1CCC(C)CC1OC1CCCC(CC)C1. The van der Waals surface area contributed by atoms with E-state index < -0.39 is 0 Å². The van der Waals surface area contributed by atoms with E-state index in [-0.39, 0.29) is 0 Å². The lowest BCUT2D eigenvalue weighted by Crippen LogP contribution is -2.47. The van der Waals surface area contributed by atoms with Crippen LogP contribution in [0.4, 0.5) is 0 Å². The van der Waals surface area contributed by atoms with Gasteiger partial charge in [-0.1, -0.05) is 40.0 Å². The Morgan fingerprint density at radius 1 is 1.05 bits per heavy atom. The van der Waals surface area contributed by atoms with E-state index in [2.05, 4.69) is 26.1 Å². The van der Waals surface area contributed by atoms with Crippen molar-refractivity contribution >= 4 is 0 Å². The number of hydrogen-bond donors (Lipinski definition) is 1. The second kappa shape index (κ2) is 7.64. The summed E-state index contributed by atoms with van der Waals surface area (Å²) in [6.45, 7) is 8.00. The predicted molar refractivity (Wildman–Crippen MR) is 81.4 cm³/mol. The van der Waals surface area contributed by atoms with Gasteiger partial charge in [-0.15, -0.1) is 0 Å². The zero-order valence-electron chi connectivity index (χ0n) is 13.2. The molecule has 0 bridgehead atoms. The first-order chi connectivity index (χ1) is 9.22. The molecular formula is C17H33NO. The van der Waals surface area contributed by atoms with Gasteiger partial charge in [0.1, 0.15) is 0 Å². The highest BCUT2D eigenvalue weighted by molar-refractivity contribution is 4.86. The fraction of sp³-hybridized carbons (Fsp3) is 1.00. The molecule has 19 heavy (non-hydrogen) atoms. The molecule has 2 saturated carbocycles. The van der Waals surface area contributed by atoms with Gasteiger partial charge in [-0.2, -0.15) is 0 Å². The molecule has 0 amide bonds. The lowest BCUT2D eigenvalue weighted by Gasteiger charge is -2.39. The molecule has 2 rings (SSSR count). The lowest BCUT2D eigenvalue weighted by atomic mass is 9.83. The number of likely N-dealkylation sites (N-methyl/N-ethyl adjacent to an activating group) is 1. The van der Waals surface area contributed by atoms with Crippen molar-refractivity contribution in [3.63, 3.8) is 0 Å². The van der Waals surface area contributed by atoms with Crippen LogP contribution >= 0.6 is 0 Å². The minimum Gasteiger partial charge on any atom is -0.373 e. The molecule has 5 unspecified atom stereocenters. The Labute approximate surface area is 119 Å². The molecule has 0 aromatic rings. The van der Waals surface area contributed by atoms with Gasteiger partial charge >= 0.3 is 0 Å². The molecule has 0 heterocycles. The second-order valence-electron chi connectivity index (χ2n) is 6.82. The normalized spacial score (nSPS) is 40.3. The Bertz CT molecular complexity index is 256. The van der Waals surface area contributed by atoms with E-state index in [0.29, 0.717) is 18.2 Å². The van der Waals surface area contributed by atoms with Crippen molar-refractivity contribution in [2.24, 2.45) is 11.8 Å². The van der Waals surface area contributed by atoms with E-state index in [1.165, 1.54) is 51.4 Å². The molecule has 0 aromatic carbocycles. The van der Waals surface area contributed by atoms with E-state index in [1.807, 2.05) is 0 Å². The van der Waals surface area contributed by atoms with Gasteiger partial charge in [0.15, 0.2) is 0 Å². The highest BCUT2D eigenvalue weighted by Crippen LogP contribution is 2.33. The molecule has 0 saturated heterocycles. The van der Waals surface area contributed by atoms with Crippen molar-refractivity contribution in [3.8, 4) is 0 Å². The van der Waals surface area contributed by atoms with Gasteiger partial charge in [0, 0.05) is 6.04 Å². The average Bonchev–Trinajstić information content (AvgIpc) is 2.42. The molecule has 1 N–H and O–H groups in total. The van der Waals surface area contributed by atoms with Crippen LogP contribution in [0, 0.1) is 11.8 Å². The summed E-state index contributed by atoms with van der Waals surface area (Å²) < 4.78 is 6.54. The van der Waals surface area contributed by atoms with Crippen LogP contribution in [0.15, 0.2) is 0 Å². The Hall–Kier alpha value is -0.0800. The third-order valence-corrected chi connectivity index (χ3v) is 5.20. The third kappa shape index (κ3) is 4.46. The smallest absolute Gasteiger partial charge is 0.0734 e. The van der Waals surface area contributed by atoms with E-state index in [1.54, 1.807) is 0 Å². The Kier molecular flexibility index (Phi) is 6.15. The Balaban J connectivity index is 1.86. The van der Waals surface area contributed by atoms with Crippen molar-refractivity contribution in [2.75, 3.05) is 6.54 Å². The van der Waals surface area contributed by atoms with Gasteiger partial charge in [-0.3, -0.25) is 0 Å². The van der Waals surface area contributed by atoms with Crippen LogP contribution in [0.1, 0.15) is 72.1 Å². The first kappa shape index (κ1) is 15.3. The Morgan fingerprint density at radius 3 is 2.63 bits per heavy atom. The molecule has 2 heteroatoms. The first-order valence-corrected chi connectivity index (χ1v) is 8.61. The summed E-state index contributed by atoms with van der Waals surface area (Å²) in [5.41, 5.74) is 0. The minimum absolute atomic E-state index is 0.462. The summed E-state index contributed by atoms with van der Waals surface area (Å²) in [5.74, 6) is 1.75. The molecule has 2 nitrogen and oxygen atoms in total. The number of nitrogens with one attached hydrogen (secondary N) is 1. The van der Waals surface area contributed by atoms with Gasteiger partial charge < -0.3 is 10.1 Å². The van der Waals surface area contributed by atoms with Gasteiger partial charge in [-0.05, 0) is 50.5 Å². The van der Waals surface area contributed by atoms with Crippen molar-refractivity contribution in [1.82, 2.24) is 5.32 Å². The molecule has 0 spiro atoms. The van der Waals surface area contributed by atoms with Gasteiger partial charge in [-0.25, -0.2) is 0 Å². The summed E-state index contributed by atoms with van der Waals surface area (Å²) in [7, 11) is 0. The van der Waals surface area contributed by atoms with Crippen molar-refractivity contribution in [1.29, 1.82) is 0 Å². The average molecular weight is 267 g/mol. The summed E-state index contributed by atoms with van der Waals surface area (Å²) in [6, 6.07) is 0.600. The zero-order chi connectivity index (χ0) is 13.7. The highest BCUT2D eigenvalue weighted by atomic mass is 16.5. The van der Waals surface area contributed by atoms with E-state index in [0.717, 1.165) is 18.4 Å². The summed E-state index contributed by atoms with van der Waals surface area (Å²) in [5, 5.41) is 3.64. The zero-order valence-corrected chi connectivity index (χ0v) is 13.2. The van der Waals surface area contributed by atoms with E-state index in [9.17, 15) is 0 Å². The molecule has 0 aliphatic heterocycles. The monoisotopic (exact) mass is 267 g/mol. The van der Waals surface area contributed by atoms with Crippen LogP contribution in [0.3, 0.4) is 0 Å². The minimum atomic E-state index is 0.462. The molecule has 0 aromatic heterocycles. The van der Waals surface area contributed by atoms with E-state index >= 15 is 0 Å². The summed E-state index contributed by atoms with van der Waals surface area (Å²) in [4.78, 5) is 0. The molecular weight excluding hydrogens is 234 g/mol. The summed E-state index contributed by atoms with van der Waals surface area (Å²) >= 11 is 0. The van der Waals surface area contributed by atoms with Crippen LogP contribution in [0.5, 0.6) is 0 Å². The molecule has 5 atom stereocenters. The standard InChI is InChI=1S/C17H33NO/c1-4-14-7-6-8-15(12-14)19-17-11-13(3)9-10-16(17)18-5-2/h13-18H,4-12H2,1-3H3. The fourth-order valence-electron chi connectivity index (χ4n) is 3.96. The van der Waals surface area contributed by atoms with Crippen LogP contribution in [0.2, 0.25) is 0 Å². The number of ether oxygens (including phenoxy) is 1. The van der Waals surface area contributed by atoms with Crippen LogP contribution in [-0.2, 0) is 4.74 Å². The largest absolute Gasteiger partial charge is 0.373 e. The van der Waals surface area contributed by atoms with Crippen molar-refractivity contribution in [2.45, 2.75) is 90.4 Å². The first-order valence-electron chi connectivity index (χ1n) is 8.61. The molecule has 0 radical (unpaired) electrons. The molecule has 2 fully saturated rings. The van der Waals surface area contributed by atoms with Gasteiger partial charge in [0.25, 0.3) is 0 Å². The molecule has 2 aliphatic rings. The summed E-state index contributed by atoms with van der Waals surface area (Å²) in [6.07, 6.45) is 11.6. The van der Waals surface area contributed by atoms with Crippen LogP contribution in [-0.4, -0.2) is 24.8 Å². The highest BCUT2D eigenvalue weighted by Gasteiger charge is 2.32. The van der Waals surface area contributed by atoms with Crippen LogP contribution in [0.25, 0.3) is 0 Å². The quantitative estimate of drug-likeness (QED) is 0.808. The van der Waals surface area contributed by atoms with E-state index in [4.69, 9.17) is 4.74 Å². The van der Waals surface area contributed by atoms with Crippen molar-refractivity contribution in [3.05, 3.63) is 0 Å². The van der Waals surface area contributed by atoms with Gasteiger partial charge in [0.05, 0.1) is 12.2 Å². The third-order valence-electron chi connectivity index (χ3n) is 5.20. The second-order valence-corrected chi connectivity index (χ2v) is 6.82. The number of hydrogen-bond acceptors (Lipinski definition) is 2. The fourth-order valence-corrected chi connectivity index (χ4v) is 3.96. The maximum atomic E-state index is 6.54. The Morgan fingerprint density at radius 2 is 1.89 bits per heavy atom. The molecule has 2 aliphatic carbocycles. The predicted octanol–water partition coefficient (Wildman–Crippen LogP) is 4.14. The maximum Gasteiger partial charge on any atom is 0.0734 e. The van der Waals surface area contributed by atoms with Crippen LogP contribution < -0.4 is 5.32 Å². The lowest BCUT2D eigenvalue weighted by molar-refractivity contribution is -0.0757.